The molecule has 0 radical (unpaired) electrons. The van der Waals surface area contributed by atoms with E-state index in [1.54, 1.807) is 6.92 Å². The number of amides is 1. The van der Waals surface area contributed by atoms with Gasteiger partial charge in [-0.1, -0.05) is 24.3 Å². The van der Waals surface area contributed by atoms with Gasteiger partial charge in [-0.15, -0.1) is 0 Å². The van der Waals surface area contributed by atoms with E-state index in [-0.39, 0.29) is 18.4 Å². The molecule has 1 aliphatic rings. The van der Waals surface area contributed by atoms with E-state index in [0.29, 0.717) is 11.5 Å². The fourth-order valence-electron chi connectivity index (χ4n) is 2.32. The van der Waals surface area contributed by atoms with Crippen LogP contribution in [0.25, 0.3) is 0 Å². The lowest BCUT2D eigenvalue weighted by molar-refractivity contribution is -0.134. The minimum atomic E-state index is -0.623. The van der Waals surface area contributed by atoms with Gasteiger partial charge in [0.15, 0.2) is 0 Å². The van der Waals surface area contributed by atoms with E-state index in [4.69, 9.17) is 5.84 Å². The number of nitrogens with zero attached hydrogens (tertiary/aromatic N) is 2. The molecule has 0 saturated carbocycles. The molecule has 1 aliphatic carbocycles. The Bertz CT molecular complexity index is 542. The topological polar surface area (TPSA) is 85.0 Å². The second-order valence-electron chi connectivity index (χ2n) is 4.47. The van der Waals surface area contributed by atoms with Crippen LogP contribution in [-0.2, 0) is 20.7 Å². The number of carbonyl (C=O) groups excluding carboxylic acids is 2. The molecule has 1 atom stereocenters. The summed E-state index contributed by atoms with van der Waals surface area (Å²) in [5.74, 6) is 4.33. The summed E-state index contributed by atoms with van der Waals surface area (Å²) in [6.45, 7) is 1.94. The van der Waals surface area contributed by atoms with Crippen molar-refractivity contribution < 1.29 is 14.3 Å². The van der Waals surface area contributed by atoms with E-state index < -0.39 is 5.97 Å². The van der Waals surface area contributed by atoms with Gasteiger partial charge in [-0.2, -0.15) is 10.2 Å². The molecular weight excluding hydrogens is 258 g/mol. The van der Waals surface area contributed by atoms with Gasteiger partial charge in [0.1, 0.15) is 6.21 Å². The normalized spacial score (nSPS) is 17.0. The Labute approximate surface area is 117 Å². The number of hydrogen-bond donors (Lipinski definition) is 1. The second kappa shape index (κ2) is 6.29. The zero-order valence-electron chi connectivity index (χ0n) is 11.3. The lowest BCUT2D eigenvalue weighted by Gasteiger charge is -2.15. The number of nitrogens with two attached hydrogens (primary N) is 1. The number of fused-ring (bicyclic) bond motifs is 1. The van der Waals surface area contributed by atoms with Crippen molar-refractivity contribution in [3.63, 3.8) is 0 Å². The number of esters is 1. The van der Waals surface area contributed by atoms with Crippen molar-refractivity contribution in [3.8, 4) is 0 Å². The molecule has 2 N–H and O–H groups in total. The van der Waals surface area contributed by atoms with Gasteiger partial charge in [0, 0.05) is 0 Å². The molecule has 1 unspecified atom stereocenters. The Morgan fingerprint density at radius 2 is 2.25 bits per heavy atom. The van der Waals surface area contributed by atoms with Crippen LogP contribution >= 0.6 is 0 Å². The quantitative estimate of drug-likeness (QED) is 0.292. The van der Waals surface area contributed by atoms with Crippen molar-refractivity contribution in [1.82, 2.24) is 5.12 Å². The van der Waals surface area contributed by atoms with E-state index in [9.17, 15) is 9.59 Å². The van der Waals surface area contributed by atoms with Crippen LogP contribution in [0.2, 0.25) is 0 Å². The highest BCUT2D eigenvalue weighted by atomic mass is 16.5. The summed E-state index contributed by atoms with van der Waals surface area (Å²) in [6, 6.07) is 7.77. The molecule has 1 amide bonds. The van der Waals surface area contributed by atoms with Crippen LogP contribution in [0.1, 0.15) is 30.4 Å². The molecule has 1 aromatic rings. The first-order valence-electron chi connectivity index (χ1n) is 6.50. The predicted molar refractivity (Wildman–Crippen MR) is 73.7 cm³/mol. The molecule has 0 spiro atoms. The van der Waals surface area contributed by atoms with Crippen LogP contribution in [0.15, 0.2) is 29.4 Å². The molecule has 0 heterocycles. The largest absolute Gasteiger partial charge is 0.462 e. The number of rotatable bonds is 4. The standard InChI is InChI=1S/C14H17N3O3/c1-2-20-13(18)9-16-17(15)14(19)12-8-7-10-5-3-4-6-11(10)12/h3-6,9,12H,2,7-8,15H2,1H3. The summed E-state index contributed by atoms with van der Waals surface area (Å²) in [5, 5.41) is 4.33. The zero-order chi connectivity index (χ0) is 14.5. The van der Waals surface area contributed by atoms with Crippen LogP contribution in [0.5, 0.6) is 0 Å². The molecule has 2 rings (SSSR count). The maximum Gasteiger partial charge on any atom is 0.351 e. The lowest BCUT2D eigenvalue weighted by atomic mass is 10.0. The first-order chi connectivity index (χ1) is 9.63. The van der Waals surface area contributed by atoms with E-state index in [2.05, 4.69) is 9.84 Å². The Kier molecular flexibility index (Phi) is 4.47. The van der Waals surface area contributed by atoms with Crippen LogP contribution in [0.3, 0.4) is 0 Å². The van der Waals surface area contributed by atoms with Gasteiger partial charge >= 0.3 is 5.97 Å². The molecule has 0 bridgehead atoms. The Morgan fingerprint density at radius 1 is 1.50 bits per heavy atom. The summed E-state index contributed by atoms with van der Waals surface area (Å²) >= 11 is 0. The third kappa shape index (κ3) is 3.03. The maximum absolute atomic E-state index is 12.2. The fraction of sp³-hybridized carbons (Fsp3) is 0.357. The van der Waals surface area contributed by atoms with E-state index in [1.807, 2.05) is 24.3 Å². The molecule has 106 valence electrons. The molecule has 0 aliphatic heterocycles. The number of hydrazine groups is 1. The van der Waals surface area contributed by atoms with Gasteiger partial charge in [0.05, 0.1) is 12.5 Å². The summed E-state index contributed by atoms with van der Waals surface area (Å²) in [5.41, 5.74) is 2.15. The average molecular weight is 275 g/mol. The molecular formula is C14H17N3O3. The summed E-state index contributed by atoms with van der Waals surface area (Å²) < 4.78 is 4.67. The van der Waals surface area contributed by atoms with Gasteiger partial charge in [-0.05, 0) is 30.9 Å². The number of aryl methyl sites for hydroxylation is 1. The lowest BCUT2D eigenvalue weighted by Crippen LogP contribution is -2.36. The number of ether oxygens (including phenoxy) is 1. The molecule has 0 aromatic heterocycles. The maximum atomic E-state index is 12.2. The summed E-state index contributed by atoms with van der Waals surface area (Å²) in [6.07, 6.45) is 2.46. The number of hydrazone groups is 1. The minimum absolute atomic E-state index is 0.249. The number of benzene rings is 1. The van der Waals surface area contributed by atoms with Gasteiger partial charge < -0.3 is 4.74 Å². The van der Waals surface area contributed by atoms with E-state index >= 15 is 0 Å². The third-order valence-electron chi connectivity index (χ3n) is 3.23. The highest BCUT2D eigenvalue weighted by Gasteiger charge is 2.30. The van der Waals surface area contributed by atoms with Gasteiger partial charge in [0.2, 0.25) is 0 Å². The van der Waals surface area contributed by atoms with Gasteiger partial charge in [-0.25, -0.2) is 10.6 Å². The first-order valence-corrected chi connectivity index (χ1v) is 6.50. The van der Waals surface area contributed by atoms with Crippen molar-refractivity contribution in [2.24, 2.45) is 10.9 Å². The molecule has 0 saturated heterocycles. The number of carbonyl (C=O) groups is 2. The minimum Gasteiger partial charge on any atom is -0.462 e. The first kappa shape index (κ1) is 14.2. The van der Waals surface area contributed by atoms with Crippen LogP contribution in [0.4, 0.5) is 0 Å². The molecule has 6 heteroatoms. The van der Waals surface area contributed by atoms with Crippen LogP contribution < -0.4 is 5.84 Å². The molecule has 6 nitrogen and oxygen atoms in total. The average Bonchev–Trinajstić information content (AvgIpc) is 2.88. The van der Waals surface area contributed by atoms with Gasteiger partial charge in [0.25, 0.3) is 5.91 Å². The highest BCUT2D eigenvalue weighted by Crippen LogP contribution is 2.33. The Morgan fingerprint density at radius 3 is 3.00 bits per heavy atom. The second-order valence-corrected chi connectivity index (χ2v) is 4.47. The van der Waals surface area contributed by atoms with E-state index in [0.717, 1.165) is 23.8 Å². The smallest absolute Gasteiger partial charge is 0.351 e. The molecule has 0 fully saturated rings. The van der Waals surface area contributed by atoms with E-state index in [1.165, 1.54) is 0 Å². The van der Waals surface area contributed by atoms with Crippen molar-refractivity contribution in [3.05, 3.63) is 35.4 Å². The molecule has 20 heavy (non-hydrogen) atoms. The Balaban J connectivity index is 2.04. The fourth-order valence-corrected chi connectivity index (χ4v) is 2.32. The summed E-state index contributed by atoms with van der Waals surface area (Å²) in [7, 11) is 0. The molecule has 1 aromatic carbocycles. The third-order valence-corrected chi connectivity index (χ3v) is 3.23. The highest BCUT2D eigenvalue weighted by molar-refractivity contribution is 6.23. The number of hydrogen-bond acceptors (Lipinski definition) is 5. The zero-order valence-corrected chi connectivity index (χ0v) is 11.3. The monoisotopic (exact) mass is 275 g/mol. The Hall–Kier alpha value is -2.21. The van der Waals surface area contributed by atoms with Crippen LogP contribution in [0, 0.1) is 0 Å². The van der Waals surface area contributed by atoms with Crippen molar-refractivity contribution in [2.75, 3.05) is 6.61 Å². The SMILES string of the molecule is CCOC(=O)C=NN(N)C(=O)C1CCc2ccccc21. The van der Waals surface area contributed by atoms with Crippen LogP contribution in [-0.4, -0.2) is 29.8 Å². The van der Waals surface area contributed by atoms with Crippen molar-refractivity contribution >= 4 is 18.1 Å². The predicted octanol–water partition coefficient (Wildman–Crippen LogP) is 0.968. The van der Waals surface area contributed by atoms with Gasteiger partial charge in [-0.3, -0.25) is 4.79 Å². The van der Waals surface area contributed by atoms with Crippen molar-refractivity contribution in [2.45, 2.75) is 25.7 Å². The summed E-state index contributed by atoms with van der Waals surface area (Å²) in [4.78, 5) is 23.3. The van der Waals surface area contributed by atoms with Crippen molar-refractivity contribution in [1.29, 1.82) is 0 Å².